The molecule has 0 unspecified atom stereocenters. The first kappa shape index (κ1) is 20.6. The molecule has 3 aromatic rings. The summed E-state index contributed by atoms with van der Waals surface area (Å²) in [4.78, 5) is 8.79. The van der Waals surface area contributed by atoms with Crippen molar-refractivity contribution in [1.82, 2.24) is 14.3 Å². The Hall–Kier alpha value is -2.71. The van der Waals surface area contributed by atoms with Crippen LogP contribution in [0.25, 0.3) is 21.9 Å². The van der Waals surface area contributed by atoms with Gasteiger partial charge in [0.25, 0.3) is 0 Å². The van der Waals surface area contributed by atoms with Crippen LogP contribution in [0.3, 0.4) is 0 Å². The average molecular weight is 426 g/mol. The molecule has 2 aromatic heterocycles. The Balaban J connectivity index is 1.61. The van der Waals surface area contributed by atoms with E-state index >= 15 is 0 Å². The molecule has 3 heterocycles. The number of aromatic nitrogens is 2. The highest BCUT2D eigenvalue weighted by atomic mass is 32.2. The number of rotatable bonds is 6. The van der Waals surface area contributed by atoms with Crippen molar-refractivity contribution in [3.63, 3.8) is 0 Å². The number of pyridine rings is 2. The fourth-order valence-electron chi connectivity index (χ4n) is 3.89. The molecule has 2 N–H and O–H groups in total. The molecule has 1 fully saturated rings. The molecule has 30 heavy (non-hydrogen) atoms. The zero-order valence-corrected chi connectivity index (χ0v) is 18.1. The highest BCUT2D eigenvalue weighted by Crippen LogP contribution is 2.32. The molecule has 1 aromatic carbocycles. The van der Waals surface area contributed by atoms with Gasteiger partial charge in [-0.3, -0.25) is 4.98 Å². The average Bonchev–Trinajstić information content (AvgIpc) is 2.74. The summed E-state index contributed by atoms with van der Waals surface area (Å²) in [5, 5.41) is 9.03. The number of nitrogens with zero attached hydrogens (tertiary/aromatic N) is 3. The minimum atomic E-state index is -3.12. The third kappa shape index (κ3) is 4.55. The molecule has 0 spiro atoms. The third-order valence-corrected chi connectivity index (χ3v) is 6.80. The molecule has 7 nitrogen and oxygen atoms in total. The van der Waals surface area contributed by atoms with Crippen molar-refractivity contribution >= 4 is 32.3 Å². The van der Waals surface area contributed by atoms with E-state index in [9.17, 15) is 8.42 Å². The largest absolute Gasteiger partial charge is 0.382 e. The van der Waals surface area contributed by atoms with E-state index in [0.717, 1.165) is 52.8 Å². The lowest BCUT2D eigenvalue weighted by Gasteiger charge is -2.31. The number of benzene rings is 1. The van der Waals surface area contributed by atoms with E-state index in [0.29, 0.717) is 13.1 Å². The lowest BCUT2D eigenvalue weighted by Crippen LogP contribution is -2.41. The first-order valence-corrected chi connectivity index (χ1v) is 12.1. The number of anilines is 2. The third-order valence-electron chi connectivity index (χ3n) is 5.49. The summed E-state index contributed by atoms with van der Waals surface area (Å²) in [6, 6.07) is 10.6. The van der Waals surface area contributed by atoms with E-state index in [4.69, 9.17) is 0 Å². The van der Waals surface area contributed by atoms with Gasteiger partial charge in [0.15, 0.2) is 0 Å². The van der Waals surface area contributed by atoms with Crippen LogP contribution in [0.4, 0.5) is 11.5 Å². The maximum absolute atomic E-state index is 11.8. The Morgan fingerprint density at radius 2 is 1.90 bits per heavy atom. The number of fused-ring (bicyclic) bond motifs is 1. The summed E-state index contributed by atoms with van der Waals surface area (Å²) in [6.45, 7) is 3.97. The summed E-state index contributed by atoms with van der Waals surface area (Å²) in [7, 11) is -3.12. The second-order valence-electron chi connectivity index (χ2n) is 7.66. The zero-order valence-electron chi connectivity index (χ0n) is 17.3. The molecule has 0 radical (unpaired) electrons. The number of hydrogen-bond donors (Lipinski definition) is 2. The number of nitrogens with one attached hydrogen (secondary N) is 2. The first-order valence-electron chi connectivity index (χ1n) is 10.2. The molecule has 8 heteroatoms. The monoisotopic (exact) mass is 425 g/mol. The van der Waals surface area contributed by atoms with Crippen molar-refractivity contribution in [2.45, 2.75) is 25.8 Å². The summed E-state index contributed by atoms with van der Waals surface area (Å²) in [5.41, 5.74) is 3.15. The number of piperidine rings is 1. The molecule has 0 bridgehead atoms. The molecule has 158 valence electrons. The molecule has 1 saturated heterocycles. The maximum Gasteiger partial charge on any atom is 0.211 e. The van der Waals surface area contributed by atoms with E-state index in [1.54, 1.807) is 10.5 Å². The predicted octanol–water partition coefficient (Wildman–Crippen LogP) is 3.56. The van der Waals surface area contributed by atoms with Gasteiger partial charge in [-0.25, -0.2) is 17.7 Å². The Morgan fingerprint density at radius 1 is 1.10 bits per heavy atom. The van der Waals surface area contributed by atoms with Gasteiger partial charge in [-0.15, -0.1) is 0 Å². The van der Waals surface area contributed by atoms with Gasteiger partial charge in [0.2, 0.25) is 10.0 Å². The van der Waals surface area contributed by atoms with Crippen LogP contribution in [0.1, 0.15) is 19.8 Å². The van der Waals surface area contributed by atoms with E-state index in [2.05, 4.69) is 38.8 Å². The van der Waals surface area contributed by atoms with Gasteiger partial charge in [-0.2, -0.15) is 0 Å². The zero-order chi connectivity index (χ0) is 21.1. The van der Waals surface area contributed by atoms with Gasteiger partial charge in [-0.1, -0.05) is 0 Å². The lowest BCUT2D eigenvalue weighted by atomic mass is 10.00. The summed E-state index contributed by atoms with van der Waals surface area (Å²) in [6.07, 6.45) is 8.38. The summed E-state index contributed by atoms with van der Waals surface area (Å²) < 4.78 is 25.1. The minimum Gasteiger partial charge on any atom is -0.382 e. The van der Waals surface area contributed by atoms with Crippen LogP contribution in [0, 0.1) is 0 Å². The van der Waals surface area contributed by atoms with Crippen LogP contribution in [0.15, 0.2) is 48.9 Å². The van der Waals surface area contributed by atoms with Crippen molar-refractivity contribution in [3.8, 4) is 11.1 Å². The lowest BCUT2D eigenvalue weighted by molar-refractivity contribution is 0.332. The molecule has 1 aliphatic heterocycles. The van der Waals surface area contributed by atoms with Crippen LogP contribution < -0.4 is 10.6 Å². The Morgan fingerprint density at radius 3 is 2.57 bits per heavy atom. The van der Waals surface area contributed by atoms with E-state index in [-0.39, 0.29) is 6.04 Å². The van der Waals surface area contributed by atoms with E-state index < -0.39 is 10.0 Å². The highest BCUT2D eigenvalue weighted by Gasteiger charge is 2.25. The van der Waals surface area contributed by atoms with E-state index in [1.165, 1.54) is 6.26 Å². The number of hydrogen-bond acceptors (Lipinski definition) is 6. The van der Waals surface area contributed by atoms with Crippen LogP contribution in [0.2, 0.25) is 0 Å². The second kappa shape index (κ2) is 8.57. The molecular formula is C22H27N5O2S. The van der Waals surface area contributed by atoms with Gasteiger partial charge >= 0.3 is 0 Å². The van der Waals surface area contributed by atoms with Crippen molar-refractivity contribution in [3.05, 3.63) is 48.9 Å². The number of sulfonamides is 1. The van der Waals surface area contributed by atoms with Gasteiger partial charge in [-0.05, 0) is 61.0 Å². The molecule has 0 atom stereocenters. The van der Waals surface area contributed by atoms with Crippen LogP contribution >= 0.6 is 0 Å². The molecule has 4 rings (SSSR count). The molecule has 0 aliphatic carbocycles. The van der Waals surface area contributed by atoms with Crippen LogP contribution in [0.5, 0.6) is 0 Å². The van der Waals surface area contributed by atoms with Crippen LogP contribution in [-0.2, 0) is 10.0 Å². The molecule has 0 saturated carbocycles. The van der Waals surface area contributed by atoms with Gasteiger partial charge in [0.05, 0.1) is 6.26 Å². The highest BCUT2D eigenvalue weighted by molar-refractivity contribution is 7.88. The van der Waals surface area contributed by atoms with Crippen molar-refractivity contribution in [2.75, 3.05) is 36.5 Å². The van der Waals surface area contributed by atoms with Crippen LogP contribution in [-0.4, -0.2) is 54.6 Å². The Bertz CT molecular complexity index is 1120. The molecule has 0 amide bonds. The van der Waals surface area contributed by atoms with Gasteiger partial charge < -0.3 is 10.6 Å². The smallest absolute Gasteiger partial charge is 0.211 e. The fourth-order valence-corrected chi connectivity index (χ4v) is 4.76. The van der Waals surface area contributed by atoms with Crippen molar-refractivity contribution < 1.29 is 8.42 Å². The van der Waals surface area contributed by atoms with E-state index in [1.807, 2.05) is 31.5 Å². The van der Waals surface area contributed by atoms with Gasteiger partial charge in [0.1, 0.15) is 5.82 Å². The maximum atomic E-state index is 11.8. The predicted molar refractivity (Wildman–Crippen MR) is 122 cm³/mol. The fraction of sp³-hybridized carbons (Fsp3) is 0.364. The first-order chi connectivity index (χ1) is 14.4. The van der Waals surface area contributed by atoms with Crippen molar-refractivity contribution in [1.29, 1.82) is 0 Å². The minimum absolute atomic E-state index is 0.218. The van der Waals surface area contributed by atoms with Crippen molar-refractivity contribution in [2.24, 2.45) is 0 Å². The Labute approximate surface area is 177 Å². The summed E-state index contributed by atoms with van der Waals surface area (Å²) in [5.74, 6) is 0.863. The SMILES string of the molecule is CCNc1ccc(-c2cc(NC3CCN(S(C)(=O)=O)CC3)c3cnccc3c2)cn1. The quantitative estimate of drug-likeness (QED) is 0.628. The topological polar surface area (TPSA) is 87.2 Å². The molecule has 1 aliphatic rings. The van der Waals surface area contributed by atoms with Gasteiger partial charge in [0, 0.05) is 60.9 Å². The Kier molecular flexibility index (Phi) is 5.87. The standard InChI is InChI=1S/C22H27N5O2S/c1-3-24-22-5-4-17(14-25-22)18-12-16-6-9-23-15-20(16)21(13-18)26-19-7-10-27(11-8-19)30(2,28)29/h4-6,9,12-15,19,26H,3,7-8,10-11H2,1-2H3,(H,24,25). The summed E-state index contributed by atoms with van der Waals surface area (Å²) >= 11 is 0. The molecular weight excluding hydrogens is 398 g/mol. The normalized spacial score (nSPS) is 15.9. The second-order valence-corrected chi connectivity index (χ2v) is 9.65.